The van der Waals surface area contributed by atoms with Crippen molar-refractivity contribution in [2.24, 2.45) is 5.92 Å². The highest BCUT2D eigenvalue weighted by Gasteiger charge is 2.20. The van der Waals surface area contributed by atoms with Crippen molar-refractivity contribution in [3.8, 4) is 11.3 Å². The van der Waals surface area contributed by atoms with Crippen molar-refractivity contribution in [1.82, 2.24) is 9.88 Å². The summed E-state index contributed by atoms with van der Waals surface area (Å²) >= 11 is 1.41. The van der Waals surface area contributed by atoms with Gasteiger partial charge in [-0.3, -0.25) is 4.79 Å². The smallest absolute Gasteiger partial charge is 0.321 e. The molecule has 3 amide bonds. The van der Waals surface area contributed by atoms with Crippen molar-refractivity contribution < 1.29 is 14.3 Å². The first-order valence-corrected chi connectivity index (χ1v) is 9.76. The number of urea groups is 1. The summed E-state index contributed by atoms with van der Waals surface area (Å²) in [6, 6.07) is 5.75. The molecule has 0 aliphatic carbocycles. The fourth-order valence-corrected chi connectivity index (χ4v) is 3.62. The van der Waals surface area contributed by atoms with Gasteiger partial charge in [-0.05, 0) is 30.5 Å². The number of benzene rings is 1. The number of methoxy groups -OCH3 is 1. The minimum atomic E-state index is -0.103. The highest BCUT2D eigenvalue weighted by molar-refractivity contribution is 7.14. The van der Waals surface area contributed by atoms with Gasteiger partial charge in [0.15, 0.2) is 5.13 Å². The predicted molar refractivity (Wildman–Crippen MR) is 107 cm³/mol. The summed E-state index contributed by atoms with van der Waals surface area (Å²) in [5.41, 5.74) is 3.64. The monoisotopic (exact) mass is 388 g/mol. The molecule has 0 saturated heterocycles. The van der Waals surface area contributed by atoms with Crippen LogP contribution in [0.4, 0.5) is 15.6 Å². The number of nitrogens with one attached hydrogen (secondary N) is 2. The molecule has 0 fully saturated rings. The molecule has 144 valence electrons. The highest BCUT2D eigenvalue weighted by atomic mass is 32.1. The van der Waals surface area contributed by atoms with Gasteiger partial charge in [-0.25, -0.2) is 9.78 Å². The zero-order valence-electron chi connectivity index (χ0n) is 15.7. The third kappa shape index (κ3) is 4.64. The van der Waals surface area contributed by atoms with Crippen LogP contribution in [0.25, 0.3) is 11.3 Å². The molecule has 0 saturated carbocycles. The largest absolute Gasteiger partial charge is 0.385 e. The quantitative estimate of drug-likeness (QED) is 0.707. The van der Waals surface area contributed by atoms with Crippen molar-refractivity contribution in [2.45, 2.75) is 26.3 Å². The number of carbonyl (C=O) groups excluding carboxylic acids is 2. The number of hydrogen-bond acceptors (Lipinski definition) is 5. The number of hydrogen-bond donors (Lipinski definition) is 2. The normalized spacial score (nSPS) is 14.5. The maximum Gasteiger partial charge on any atom is 0.321 e. The molecule has 0 bridgehead atoms. The molecule has 2 N–H and O–H groups in total. The van der Waals surface area contributed by atoms with E-state index in [1.54, 1.807) is 19.1 Å². The van der Waals surface area contributed by atoms with Crippen LogP contribution in [0.2, 0.25) is 0 Å². The molecule has 7 nitrogen and oxygen atoms in total. The van der Waals surface area contributed by atoms with Gasteiger partial charge in [0.05, 0.1) is 5.69 Å². The molecule has 3 rings (SSSR count). The summed E-state index contributed by atoms with van der Waals surface area (Å²) in [7, 11) is 3.42. The summed E-state index contributed by atoms with van der Waals surface area (Å²) < 4.78 is 5.03. The number of aromatic nitrogens is 1. The minimum absolute atomic E-state index is 0.0261. The number of ether oxygens (including phenoxy) is 1. The van der Waals surface area contributed by atoms with Crippen LogP contribution in [-0.4, -0.2) is 42.6 Å². The van der Waals surface area contributed by atoms with Gasteiger partial charge in [0.2, 0.25) is 5.91 Å². The van der Waals surface area contributed by atoms with E-state index < -0.39 is 0 Å². The first-order chi connectivity index (χ1) is 13.0. The second-order valence-electron chi connectivity index (χ2n) is 6.72. The topological polar surface area (TPSA) is 83.6 Å². The van der Waals surface area contributed by atoms with E-state index in [1.807, 2.05) is 30.5 Å². The number of carbonyl (C=O) groups is 2. The molecule has 8 heteroatoms. The fraction of sp³-hybridized carbons (Fsp3) is 0.421. The van der Waals surface area contributed by atoms with Crippen LogP contribution < -0.4 is 10.6 Å². The Morgan fingerprint density at radius 3 is 3.07 bits per heavy atom. The fourth-order valence-electron chi connectivity index (χ4n) is 2.90. The van der Waals surface area contributed by atoms with Gasteiger partial charge in [0.1, 0.15) is 0 Å². The van der Waals surface area contributed by atoms with Gasteiger partial charge in [-0.15, -0.1) is 11.3 Å². The van der Waals surface area contributed by atoms with Crippen LogP contribution in [0.5, 0.6) is 0 Å². The van der Waals surface area contributed by atoms with E-state index in [2.05, 4.69) is 15.6 Å². The Morgan fingerprint density at radius 1 is 1.48 bits per heavy atom. The minimum Gasteiger partial charge on any atom is -0.385 e. The number of amides is 3. The number of rotatable bonds is 7. The van der Waals surface area contributed by atoms with Crippen LogP contribution in [-0.2, 0) is 16.1 Å². The highest BCUT2D eigenvalue weighted by Crippen LogP contribution is 2.30. The van der Waals surface area contributed by atoms with Crippen molar-refractivity contribution >= 4 is 34.1 Å². The van der Waals surface area contributed by atoms with Crippen LogP contribution in [0.15, 0.2) is 23.6 Å². The third-order valence-electron chi connectivity index (χ3n) is 4.56. The Hall–Kier alpha value is -2.45. The molecular weight excluding hydrogens is 364 g/mol. The number of nitrogens with zero attached hydrogens (tertiary/aromatic N) is 2. The lowest BCUT2D eigenvalue weighted by Gasteiger charge is -2.26. The van der Waals surface area contributed by atoms with Crippen molar-refractivity contribution in [3.63, 3.8) is 0 Å². The second kappa shape index (κ2) is 8.49. The van der Waals surface area contributed by atoms with Gasteiger partial charge in [0.25, 0.3) is 0 Å². The molecule has 27 heavy (non-hydrogen) atoms. The Kier molecular flexibility index (Phi) is 6.08. The average molecular weight is 388 g/mol. The zero-order chi connectivity index (χ0) is 19.4. The van der Waals surface area contributed by atoms with E-state index in [4.69, 9.17) is 4.74 Å². The Labute approximate surface area is 162 Å². The van der Waals surface area contributed by atoms with E-state index in [0.717, 1.165) is 35.3 Å². The van der Waals surface area contributed by atoms with E-state index >= 15 is 0 Å². The molecule has 1 aromatic heterocycles. The molecular formula is C19H24N4O3S. The second-order valence-corrected chi connectivity index (χ2v) is 7.58. The zero-order valence-corrected chi connectivity index (χ0v) is 16.6. The van der Waals surface area contributed by atoms with Crippen molar-refractivity contribution in [3.05, 3.63) is 29.1 Å². The molecule has 1 aliphatic rings. The molecule has 2 heterocycles. The summed E-state index contributed by atoms with van der Waals surface area (Å²) in [6.07, 6.45) is 1.64. The maximum atomic E-state index is 12.3. The van der Waals surface area contributed by atoms with Crippen molar-refractivity contribution in [1.29, 1.82) is 0 Å². The van der Waals surface area contributed by atoms with Gasteiger partial charge in [-0.1, -0.05) is 13.0 Å². The lowest BCUT2D eigenvalue weighted by atomic mass is 10.0. The van der Waals surface area contributed by atoms with Crippen LogP contribution >= 0.6 is 11.3 Å². The lowest BCUT2D eigenvalue weighted by Crippen LogP contribution is -2.35. The van der Waals surface area contributed by atoms with E-state index in [0.29, 0.717) is 18.3 Å². The van der Waals surface area contributed by atoms with E-state index in [9.17, 15) is 9.59 Å². The summed E-state index contributed by atoms with van der Waals surface area (Å²) in [6.45, 7) is 3.13. The summed E-state index contributed by atoms with van der Waals surface area (Å²) in [5, 5.41) is 8.28. The number of anilines is 2. The third-order valence-corrected chi connectivity index (χ3v) is 5.32. The lowest BCUT2D eigenvalue weighted by molar-refractivity contribution is -0.119. The first-order valence-electron chi connectivity index (χ1n) is 8.88. The van der Waals surface area contributed by atoms with Crippen LogP contribution in [0.1, 0.15) is 25.3 Å². The van der Waals surface area contributed by atoms with E-state index in [1.165, 1.54) is 11.3 Å². The standard InChI is InChI=1S/C19H24N4O3S/c1-12(5-4-8-26-3)17(24)22-18-20-16(11-27-18)13-6-7-15-14(9-13)10-23(2)19(25)21-15/h6-7,9,11-12H,4-5,8,10H2,1-3H3,(H,21,25)(H,20,22,24)/t12-/m0/s1. The first kappa shape index (κ1) is 19.3. The molecule has 0 radical (unpaired) electrons. The predicted octanol–water partition coefficient (Wildman–Crippen LogP) is 3.79. The Bertz CT molecular complexity index is 836. The van der Waals surface area contributed by atoms with Gasteiger partial charge < -0.3 is 20.3 Å². The number of thiazole rings is 1. The molecule has 1 aliphatic heterocycles. The van der Waals surface area contributed by atoms with Gasteiger partial charge in [-0.2, -0.15) is 0 Å². The Morgan fingerprint density at radius 2 is 2.30 bits per heavy atom. The molecule has 0 spiro atoms. The number of fused-ring (bicyclic) bond motifs is 1. The van der Waals surface area contributed by atoms with Crippen LogP contribution in [0.3, 0.4) is 0 Å². The molecule has 1 atom stereocenters. The van der Waals surface area contributed by atoms with Crippen LogP contribution in [0, 0.1) is 5.92 Å². The molecule has 1 aromatic carbocycles. The molecule has 0 unspecified atom stereocenters. The van der Waals surface area contributed by atoms with Gasteiger partial charge in [0, 0.05) is 49.9 Å². The van der Waals surface area contributed by atoms with Gasteiger partial charge >= 0.3 is 6.03 Å². The SMILES string of the molecule is COCCC[C@H](C)C(=O)Nc1nc(-c2ccc3c(c2)CN(C)C(=O)N3)cs1. The average Bonchev–Trinajstić information content (AvgIpc) is 3.11. The van der Waals surface area contributed by atoms with E-state index in [-0.39, 0.29) is 17.9 Å². The summed E-state index contributed by atoms with van der Waals surface area (Å²) in [5.74, 6) is -0.114. The Balaban J connectivity index is 1.66. The summed E-state index contributed by atoms with van der Waals surface area (Å²) in [4.78, 5) is 30.2. The van der Waals surface area contributed by atoms with Crippen molar-refractivity contribution in [2.75, 3.05) is 31.4 Å². The maximum absolute atomic E-state index is 12.3. The molecule has 2 aromatic rings.